The van der Waals surface area contributed by atoms with Gasteiger partial charge in [-0.25, -0.2) is 4.98 Å². The van der Waals surface area contributed by atoms with E-state index in [2.05, 4.69) is 20.5 Å². The number of hydrogen-bond acceptors (Lipinski definition) is 5. The number of nitrogens with zero attached hydrogens (tertiary/aromatic N) is 4. The van der Waals surface area contributed by atoms with Crippen molar-refractivity contribution < 1.29 is 4.42 Å². The Hall–Kier alpha value is -1.85. The lowest BCUT2D eigenvalue weighted by Gasteiger charge is -2.00. The molecule has 0 aliphatic heterocycles. The summed E-state index contributed by atoms with van der Waals surface area (Å²) in [6.45, 7) is 3.70. The number of oxazole rings is 1. The first-order chi connectivity index (χ1) is 7.13. The van der Waals surface area contributed by atoms with Gasteiger partial charge in [0, 0.05) is 21.0 Å². The highest BCUT2D eigenvalue weighted by Gasteiger charge is 2.16. The first-order valence-electron chi connectivity index (χ1n) is 4.65. The molecule has 80 valence electrons. The average Bonchev–Trinajstić information content (AvgIpc) is 2.69. The minimum absolute atomic E-state index is 0.636. The van der Waals surface area contributed by atoms with Crippen LogP contribution in [0.3, 0.4) is 0 Å². The third-order valence-electron chi connectivity index (χ3n) is 2.21. The standard InChI is InChI=1S/C9H13N5O/c1-5-7(15-6(2)11-5)8-12-13-9(10-3)14(8)4/h1-4H3,(H,10,13). The van der Waals surface area contributed by atoms with Gasteiger partial charge in [0.25, 0.3) is 0 Å². The maximum atomic E-state index is 5.48. The molecule has 0 unspecified atom stereocenters. The molecule has 0 amide bonds. The summed E-state index contributed by atoms with van der Waals surface area (Å²) < 4.78 is 7.30. The fourth-order valence-corrected chi connectivity index (χ4v) is 1.48. The smallest absolute Gasteiger partial charge is 0.224 e. The molecule has 2 rings (SSSR count). The van der Waals surface area contributed by atoms with E-state index in [1.54, 1.807) is 7.05 Å². The molecule has 0 saturated carbocycles. The molecule has 2 aromatic heterocycles. The van der Waals surface area contributed by atoms with Gasteiger partial charge in [0.2, 0.25) is 11.8 Å². The number of hydrogen-bond donors (Lipinski definition) is 1. The molecule has 0 aliphatic carbocycles. The summed E-state index contributed by atoms with van der Waals surface area (Å²) in [4.78, 5) is 4.20. The van der Waals surface area contributed by atoms with Crippen molar-refractivity contribution in [3.05, 3.63) is 11.6 Å². The molecule has 15 heavy (non-hydrogen) atoms. The van der Waals surface area contributed by atoms with Crippen LogP contribution in [0, 0.1) is 13.8 Å². The second kappa shape index (κ2) is 3.38. The van der Waals surface area contributed by atoms with Gasteiger partial charge in [-0.3, -0.25) is 4.57 Å². The van der Waals surface area contributed by atoms with Crippen molar-refractivity contribution in [2.75, 3.05) is 12.4 Å². The third-order valence-corrected chi connectivity index (χ3v) is 2.21. The molecule has 0 aromatic carbocycles. The molecule has 6 heteroatoms. The Labute approximate surface area is 87.3 Å². The van der Waals surface area contributed by atoms with Crippen LogP contribution in [0.15, 0.2) is 4.42 Å². The minimum Gasteiger partial charge on any atom is -0.437 e. The van der Waals surface area contributed by atoms with Crippen LogP contribution in [0.5, 0.6) is 0 Å². The van der Waals surface area contributed by atoms with Crippen molar-refractivity contribution in [1.29, 1.82) is 0 Å². The number of aromatic nitrogens is 4. The topological polar surface area (TPSA) is 68.8 Å². The lowest BCUT2D eigenvalue weighted by molar-refractivity contribution is 0.528. The van der Waals surface area contributed by atoms with Crippen molar-refractivity contribution in [3.63, 3.8) is 0 Å². The first-order valence-corrected chi connectivity index (χ1v) is 4.65. The highest BCUT2D eigenvalue weighted by atomic mass is 16.4. The molecule has 0 atom stereocenters. The van der Waals surface area contributed by atoms with E-state index in [0.717, 1.165) is 5.69 Å². The average molecular weight is 207 g/mol. The van der Waals surface area contributed by atoms with Gasteiger partial charge < -0.3 is 9.73 Å². The normalized spacial score (nSPS) is 10.7. The number of anilines is 1. The molecule has 0 spiro atoms. The van der Waals surface area contributed by atoms with Gasteiger partial charge in [-0.1, -0.05) is 0 Å². The van der Waals surface area contributed by atoms with E-state index in [4.69, 9.17) is 4.42 Å². The monoisotopic (exact) mass is 207 g/mol. The summed E-state index contributed by atoms with van der Waals surface area (Å²) in [5, 5.41) is 11.0. The van der Waals surface area contributed by atoms with Crippen LogP contribution in [0.2, 0.25) is 0 Å². The van der Waals surface area contributed by atoms with Gasteiger partial charge in [0.05, 0.1) is 5.69 Å². The molecule has 0 bridgehead atoms. The van der Waals surface area contributed by atoms with Crippen molar-refractivity contribution >= 4 is 5.95 Å². The third kappa shape index (κ3) is 1.47. The van der Waals surface area contributed by atoms with Gasteiger partial charge in [-0.2, -0.15) is 0 Å². The van der Waals surface area contributed by atoms with Crippen molar-refractivity contribution in [2.45, 2.75) is 13.8 Å². The molecule has 0 radical (unpaired) electrons. The number of rotatable bonds is 2. The fourth-order valence-electron chi connectivity index (χ4n) is 1.48. The summed E-state index contributed by atoms with van der Waals surface area (Å²) in [6, 6.07) is 0. The molecule has 0 saturated heterocycles. The van der Waals surface area contributed by atoms with Crippen LogP contribution in [0.25, 0.3) is 11.6 Å². The van der Waals surface area contributed by atoms with Gasteiger partial charge in [-0.05, 0) is 6.92 Å². The lowest BCUT2D eigenvalue weighted by atomic mass is 10.3. The maximum absolute atomic E-state index is 5.48. The minimum atomic E-state index is 0.636. The SMILES string of the molecule is CNc1nnc(-c2oc(C)nc2C)n1C. The first kappa shape index (κ1) is 9.70. The zero-order chi connectivity index (χ0) is 11.0. The Bertz CT molecular complexity index is 485. The summed E-state index contributed by atoms with van der Waals surface area (Å²) in [7, 11) is 3.67. The van der Waals surface area contributed by atoms with Crippen molar-refractivity contribution in [2.24, 2.45) is 7.05 Å². The summed E-state index contributed by atoms with van der Waals surface area (Å²) >= 11 is 0. The van der Waals surface area contributed by atoms with Crippen LogP contribution in [0.4, 0.5) is 5.95 Å². The molecule has 2 aromatic rings. The quantitative estimate of drug-likeness (QED) is 0.799. The number of aryl methyl sites for hydroxylation is 2. The molecule has 2 heterocycles. The molecular formula is C9H13N5O. The van der Waals surface area contributed by atoms with Crippen LogP contribution in [0.1, 0.15) is 11.6 Å². The van der Waals surface area contributed by atoms with E-state index in [9.17, 15) is 0 Å². The molecule has 6 nitrogen and oxygen atoms in total. The van der Waals surface area contributed by atoms with Gasteiger partial charge in [0.1, 0.15) is 0 Å². The Morgan fingerprint density at radius 2 is 2.00 bits per heavy atom. The highest BCUT2D eigenvalue weighted by molar-refractivity contribution is 5.52. The zero-order valence-corrected chi connectivity index (χ0v) is 9.20. The highest BCUT2D eigenvalue weighted by Crippen LogP contribution is 2.23. The molecular weight excluding hydrogens is 194 g/mol. The Morgan fingerprint density at radius 1 is 1.27 bits per heavy atom. The van der Waals surface area contributed by atoms with Gasteiger partial charge >= 0.3 is 0 Å². The van der Waals surface area contributed by atoms with Gasteiger partial charge in [-0.15, -0.1) is 10.2 Å². The maximum Gasteiger partial charge on any atom is 0.224 e. The van der Waals surface area contributed by atoms with Crippen LogP contribution in [-0.2, 0) is 7.05 Å². The number of nitrogens with one attached hydrogen (secondary N) is 1. The van der Waals surface area contributed by atoms with E-state index < -0.39 is 0 Å². The van der Waals surface area contributed by atoms with E-state index in [0.29, 0.717) is 23.4 Å². The largest absolute Gasteiger partial charge is 0.437 e. The van der Waals surface area contributed by atoms with Crippen LogP contribution < -0.4 is 5.32 Å². The second-order valence-electron chi connectivity index (χ2n) is 3.30. The lowest BCUT2D eigenvalue weighted by Crippen LogP contribution is -1.99. The van der Waals surface area contributed by atoms with Crippen molar-refractivity contribution in [1.82, 2.24) is 19.7 Å². The summed E-state index contributed by atoms with van der Waals surface area (Å²) in [5.74, 6) is 2.68. The molecule has 0 aliphatic rings. The predicted octanol–water partition coefficient (Wildman–Crippen LogP) is 1.13. The Balaban J connectivity index is 2.54. The Kier molecular flexibility index (Phi) is 2.18. The molecule has 1 N–H and O–H groups in total. The van der Waals surface area contributed by atoms with Crippen LogP contribution >= 0.6 is 0 Å². The Morgan fingerprint density at radius 3 is 2.47 bits per heavy atom. The molecule has 0 fully saturated rings. The van der Waals surface area contributed by atoms with E-state index in [1.807, 2.05) is 25.5 Å². The fraction of sp³-hybridized carbons (Fsp3) is 0.444. The predicted molar refractivity (Wildman–Crippen MR) is 55.5 cm³/mol. The van der Waals surface area contributed by atoms with E-state index in [1.165, 1.54) is 0 Å². The van der Waals surface area contributed by atoms with E-state index in [-0.39, 0.29) is 0 Å². The summed E-state index contributed by atoms with van der Waals surface area (Å²) in [5.41, 5.74) is 0.825. The van der Waals surface area contributed by atoms with Gasteiger partial charge in [0.15, 0.2) is 11.7 Å². The van der Waals surface area contributed by atoms with Crippen molar-refractivity contribution in [3.8, 4) is 11.6 Å². The summed E-state index contributed by atoms with van der Waals surface area (Å²) in [6.07, 6.45) is 0. The van der Waals surface area contributed by atoms with Crippen LogP contribution in [-0.4, -0.2) is 26.8 Å². The second-order valence-corrected chi connectivity index (χ2v) is 3.30. The van der Waals surface area contributed by atoms with E-state index >= 15 is 0 Å². The zero-order valence-electron chi connectivity index (χ0n) is 9.20.